The maximum absolute atomic E-state index is 9.14. The molecular weight excluding hydrogens is 376 g/mol. The summed E-state index contributed by atoms with van der Waals surface area (Å²) in [5, 5.41) is 17.6. The lowest BCUT2D eigenvalue weighted by molar-refractivity contribution is 0.636. The van der Waals surface area contributed by atoms with Crippen molar-refractivity contribution in [3.05, 3.63) is 71.7 Å². The zero-order valence-electron chi connectivity index (χ0n) is 16.1. The molecule has 0 atom stereocenters. The lowest BCUT2D eigenvalue weighted by atomic mass is 10.1. The second-order valence-corrected chi connectivity index (χ2v) is 7.32. The minimum Gasteiger partial charge on any atom is -0.368 e. The molecule has 30 heavy (non-hydrogen) atoms. The molecule has 8 nitrogen and oxygen atoms in total. The summed E-state index contributed by atoms with van der Waals surface area (Å²) >= 11 is 0. The van der Waals surface area contributed by atoms with Crippen LogP contribution in [0.3, 0.4) is 0 Å². The van der Waals surface area contributed by atoms with Crippen molar-refractivity contribution in [3.63, 3.8) is 0 Å². The summed E-state index contributed by atoms with van der Waals surface area (Å²) in [7, 11) is 0. The topological polar surface area (TPSA) is 119 Å². The largest absolute Gasteiger partial charge is 0.368 e. The van der Waals surface area contributed by atoms with Gasteiger partial charge in [0.15, 0.2) is 0 Å². The molecule has 2 N–H and O–H groups in total. The Hall–Kier alpha value is -4.12. The Balaban J connectivity index is 1.42. The first-order valence-electron chi connectivity index (χ1n) is 9.69. The summed E-state index contributed by atoms with van der Waals surface area (Å²) < 4.78 is 1.74. The fourth-order valence-electron chi connectivity index (χ4n) is 3.34. The van der Waals surface area contributed by atoms with Gasteiger partial charge in [-0.25, -0.2) is 14.6 Å². The average molecular weight is 394 g/mol. The lowest BCUT2D eigenvalue weighted by Crippen LogP contribution is -2.03. The molecule has 1 aliphatic rings. The van der Waals surface area contributed by atoms with Gasteiger partial charge in [0.1, 0.15) is 5.69 Å². The van der Waals surface area contributed by atoms with E-state index in [9.17, 15) is 0 Å². The molecule has 0 unspecified atom stereocenters. The van der Waals surface area contributed by atoms with Crippen LogP contribution in [0.1, 0.15) is 35.7 Å². The number of anilines is 1. The molecule has 0 saturated heterocycles. The van der Waals surface area contributed by atoms with Crippen molar-refractivity contribution in [1.82, 2.24) is 29.9 Å². The first-order valence-corrected chi connectivity index (χ1v) is 9.69. The molecule has 1 aliphatic carbocycles. The fraction of sp³-hybridized carbons (Fsp3) is 0.182. The predicted octanol–water partition coefficient (Wildman–Crippen LogP) is 3.18. The van der Waals surface area contributed by atoms with Gasteiger partial charge in [0.05, 0.1) is 41.5 Å². The second kappa shape index (κ2) is 7.37. The van der Waals surface area contributed by atoms with Gasteiger partial charge in [-0.2, -0.15) is 5.26 Å². The van der Waals surface area contributed by atoms with E-state index < -0.39 is 0 Å². The zero-order valence-corrected chi connectivity index (χ0v) is 16.1. The Morgan fingerprint density at radius 3 is 2.67 bits per heavy atom. The highest BCUT2D eigenvalue weighted by Gasteiger charge is 2.24. The molecule has 0 aliphatic heterocycles. The Labute approximate surface area is 173 Å². The van der Waals surface area contributed by atoms with Gasteiger partial charge in [0.25, 0.3) is 0 Å². The van der Waals surface area contributed by atoms with E-state index >= 15 is 0 Å². The van der Waals surface area contributed by atoms with Crippen molar-refractivity contribution in [2.45, 2.75) is 25.3 Å². The highest BCUT2D eigenvalue weighted by molar-refractivity contribution is 5.68. The maximum Gasteiger partial charge on any atom is 0.221 e. The van der Waals surface area contributed by atoms with Crippen LogP contribution in [0.2, 0.25) is 0 Å². The third-order valence-corrected chi connectivity index (χ3v) is 4.98. The van der Waals surface area contributed by atoms with Crippen LogP contribution in [0.5, 0.6) is 0 Å². The molecule has 8 heteroatoms. The summed E-state index contributed by atoms with van der Waals surface area (Å²) in [6.07, 6.45) is 4.26. The van der Waals surface area contributed by atoms with Gasteiger partial charge in [0, 0.05) is 17.2 Å². The number of benzene rings is 1. The monoisotopic (exact) mass is 394 g/mol. The second-order valence-electron chi connectivity index (χ2n) is 7.32. The van der Waals surface area contributed by atoms with E-state index in [0.717, 1.165) is 17.0 Å². The van der Waals surface area contributed by atoms with Gasteiger partial charge < -0.3 is 5.73 Å². The van der Waals surface area contributed by atoms with Gasteiger partial charge in [0.2, 0.25) is 5.95 Å². The maximum atomic E-state index is 9.14. The van der Waals surface area contributed by atoms with Crippen molar-refractivity contribution in [2.24, 2.45) is 0 Å². The highest BCUT2D eigenvalue weighted by atomic mass is 15.4. The number of nitrogen functional groups attached to an aromatic ring is 1. The molecule has 146 valence electrons. The van der Waals surface area contributed by atoms with E-state index in [1.807, 2.05) is 30.5 Å². The smallest absolute Gasteiger partial charge is 0.221 e. The van der Waals surface area contributed by atoms with Crippen molar-refractivity contribution in [2.75, 3.05) is 5.73 Å². The van der Waals surface area contributed by atoms with Gasteiger partial charge in [-0.05, 0) is 43.2 Å². The highest BCUT2D eigenvalue weighted by Crippen LogP contribution is 2.38. The molecule has 1 aromatic carbocycles. The number of nitriles is 1. The van der Waals surface area contributed by atoms with Crippen molar-refractivity contribution < 1.29 is 0 Å². The van der Waals surface area contributed by atoms with E-state index in [4.69, 9.17) is 16.0 Å². The summed E-state index contributed by atoms with van der Waals surface area (Å²) in [5.41, 5.74) is 11.2. The van der Waals surface area contributed by atoms with E-state index in [0.29, 0.717) is 35.1 Å². The van der Waals surface area contributed by atoms with E-state index in [2.05, 4.69) is 32.4 Å². The standard InChI is InChI=1S/C22H18N8/c23-11-14-3-1-4-16(9-14)19-10-20(27-22(24)26-19)21-13-30(29-28-21)12-17-5-2-6-18(25-17)15-7-8-15/h1-6,9-10,13,15H,7-8,12H2,(H2,24,26,27). The molecule has 1 saturated carbocycles. The molecule has 0 spiro atoms. The van der Waals surface area contributed by atoms with Gasteiger partial charge in [-0.3, -0.25) is 4.98 Å². The molecule has 4 aromatic rings. The first-order chi connectivity index (χ1) is 14.7. The number of aromatic nitrogens is 6. The minimum atomic E-state index is 0.137. The predicted molar refractivity (Wildman–Crippen MR) is 111 cm³/mol. The Morgan fingerprint density at radius 2 is 1.83 bits per heavy atom. The number of hydrogen-bond donors (Lipinski definition) is 1. The Kier molecular flexibility index (Phi) is 4.41. The minimum absolute atomic E-state index is 0.137. The Morgan fingerprint density at radius 1 is 1.00 bits per heavy atom. The van der Waals surface area contributed by atoms with Gasteiger partial charge >= 0.3 is 0 Å². The third kappa shape index (κ3) is 3.73. The Bertz CT molecular complexity index is 1270. The molecule has 3 aromatic heterocycles. The molecule has 0 amide bonds. The third-order valence-electron chi connectivity index (χ3n) is 4.98. The van der Waals surface area contributed by atoms with Crippen LogP contribution in [-0.4, -0.2) is 29.9 Å². The van der Waals surface area contributed by atoms with Crippen molar-refractivity contribution in [3.8, 4) is 28.7 Å². The van der Waals surface area contributed by atoms with Gasteiger partial charge in [-0.15, -0.1) is 5.10 Å². The van der Waals surface area contributed by atoms with Crippen LogP contribution >= 0.6 is 0 Å². The summed E-state index contributed by atoms with van der Waals surface area (Å²) in [4.78, 5) is 13.3. The number of nitrogens with zero attached hydrogens (tertiary/aromatic N) is 7. The summed E-state index contributed by atoms with van der Waals surface area (Å²) in [6, 6.07) is 17.2. The van der Waals surface area contributed by atoms with Crippen molar-refractivity contribution >= 4 is 5.95 Å². The number of nitrogens with two attached hydrogens (primary N) is 1. The normalized spacial score (nSPS) is 13.2. The first kappa shape index (κ1) is 17.9. The number of rotatable bonds is 5. The van der Waals surface area contributed by atoms with Crippen LogP contribution in [0.15, 0.2) is 54.7 Å². The molecule has 0 bridgehead atoms. The van der Waals surface area contributed by atoms with E-state index in [-0.39, 0.29) is 5.95 Å². The van der Waals surface area contributed by atoms with Gasteiger partial charge in [-0.1, -0.05) is 23.4 Å². The van der Waals surface area contributed by atoms with Crippen LogP contribution in [-0.2, 0) is 6.54 Å². The SMILES string of the molecule is N#Cc1cccc(-c2cc(-c3cn(Cc4cccc(C5CC5)n4)nn3)nc(N)n2)c1. The molecule has 5 rings (SSSR count). The van der Waals surface area contributed by atoms with Crippen LogP contribution in [0.4, 0.5) is 5.95 Å². The quantitative estimate of drug-likeness (QED) is 0.552. The van der Waals surface area contributed by atoms with Crippen LogP contribution in [0, 0.1) is 11.3 Å². The van der Waals surface area contributed by atoms with E-state index in [1.165, 1.54) is 12.8 Å². The lowest BCUT2D eigenvalue weighted by Gasteiger charge is -2.05. The zero-order chi connectivity index (χ0) is 20.5. The van der Waals surface area contributed by atoms with E-state index in [1.54, 1.807) is 22.9 Å². The molecular formula is C22H18N8. The number of hydrogen-bond acceptors (Lipinski definition) is 7. The van der Waals surface area contributed by atoms with Crippen molar-refractivity contribution in [1.29, 1.82) is 5.26 Å². The molecule has 1 fully saturated rings. The number of pyridine rings is 1. The van der Waals surface area contributed by atoms with Crippen LogP contribution < -0.4 is 5.73 Å². The summed E-state index contributed by atoms with van der Waals surface area (Å²) in [6.45, 7) is 0.533. The summed E-state index contributed by atoms with van der Waals surface area (Å²) in [5.74, 6) is 0.747. The fourth-order valence-corrected chi connectivity index (χ4v) is 3.34. The average Bonchev–Trinajstić information content (AvgIpc) is 3.53. The molecule has 0 radical (unpaired) electrons. The molecule has 3 heterocycles. The van der Waals surface area contributed by atoms with Crippen LogP contribution in [0.25, 0.3) is 22.6 Å².